The number of nitrogens with zero attached hydrogens (tertiary/aromatic N) is 1. The Hall–Kier alpha value is -2.08. The number of hydrogen-bond donors (Lipinski definition) is 1. The lowest BCUT2D eigenvalue weighted by Gasteiger charge is -2.15. The van der Waals surface area contributed by atoms with E-state index in [9.17, 15) is 9.90 Å². The molecule has 0 amide bonds. The van der Waals surface area contributed by atoms with E-state index in [1.807, 2.05) is 6.07 Å². The lowest BCUT2D eigenvalue weighted by atomic mass is 9.86. The van der Waals surface area contributed by atoms with E-state index in [1.165, 1.54) is 18.2 Å². The smallest absolute Gasteiger partial charge is 0.178 e. The topological polar surface area (TPSA) is 61.1 Å². The maximum atomic E-state index is 11.9. The van der Waals surface area contributed by atoms with Crippen molar-refractivity contribution in [1.82, 2.24) is 0 Å². The minimum absolute atomic E-state index is 0.100. The Morgan fingerprint density at radius 2 is 2.06 bits per heavy atom. The van der Waals surface area contributed by atoms with Crippen molar-refractivity contribution in [1.29, 1.82) is 5.26 Å². The SMILES string of the molecule is CC(C)(C)C(=O)/C(C#N)=C/c1cccc(O)c1. The van der Waals surface area contributed by atoms with E-state index < -0.39 is 5.41 Å². The first kappa shape index (κ1) is 13.0. The lowest BCUT2D eigenvalue weighted by Crippen LogP contribution is -2.21. The van der Waals surface area contributed by atoms with Crippen LogP contribution >= 0.6 is 0 Å². The summed E-state index contributed by atoms with van der Waals surface area (Å²) in [7, 11) is 0. The molecule has 0 unspecified atom stereocenters. The van der Waals surface area contributed by atoms with Crippen molar-refractivity contribution >= 4 is 11.9 Å². The van der Waals surface area contributed by atoms with E-state index >= 15 is 0 Å². The van der Waals surface area contributed by atoms with Crippen molar-refractivity contribution in [2.45, 2.75) is 20.8 Å². The van der Waals surface area contributed by atoms with Gasteiger partial charge in [0.05, 0.1) is 5.57 Å². The fourth-order valence-corrected chi connectivity index (χ4v) is 1.33. The van der Waals surface area contributed by atoms with Gasteiger partial charge in [-0.2, -0.15) is 5.26 Å². The van der Waals surface area contributed by atoms with Gasteiger partial charge in [-0.25, -0.2) is 0 Å². The second kappa shape index (κ2) is 4.84. The number of nitriles is 1. The van der Waals surface area contributed by atoms with Crippen molar-refractivity contribution in [3.63, 3.8) is 0 Å². The molecular weight excluding hydrogens is 214 g/mol. The third-order valence-corrected chi connectivity index (χ3v) is 2.23. The normalized spacial score (nSPS) is 12.0. The molecule has 3 nitrogen and oxygen atoms in total. The summed E-state index contributed by atoms with van der Waals surface area (Å²) in [6, 6.07) is 8.34. The van der Waals surface area contributed by atoms with E-state index in [2.05, 4.69) is 0 Å². The number of allylic oxidation sites excluding steroid dienone is 1. The predicted molar refractivity (Wildman–Crippen MR) is 66.2 cm³/mol. The summed E-state index contributed by atoms with van der Waals surface area (Å²) in [4.78, 5) is 11.9. The van der Waals surface area contributed by atoms with Crippen LogP contribution in [0.15, 0.2) is 29.8 Å². The van der Waals surface area contributed by atoms with E-state index in [4.69, 9.17) is 5.26 Å². The molecule has 0 aromatic heterocycles. The van der Waals surface area contributed by atoms with Crippen molar-refractivity contribution in [3.05, 3.63) is 35.4 Å². The van der Waals surface area contributed by atoms with Crippen LogP contribution in [0.4, 0.5) is 0 Å². The van der Waals surface area contributed by atoms with Gasteiger partial charge in [-0.1, -0.05) is 32.9 Å². The Balaban J connectivity index is 3.13. The Morgan fingerprint density at radius 3 is 2.53 bits per heavy atom. The number of phenolic OH excluding ortho intramolecular Hbond substituents is 1. The van der Waals surface area contributed by atoms with Crippen molar-refractivity contribution in [2.24, 2.45) is 5.41 Å². The summed E-state index contributed by atoms with van der Waals surface area (Å²) < 4.78 is 0. The van der Waals surface area contributed by atoms with Crippen LogP contribution in [-0.4, -0.2) is 10.9 Å². The van der Waals surface area contributed by atoms with Gasteiger partial charge in [0.1, 0.15) is 11.8 Å². The first-order valence-corrected chi connectivity index (χ1v) is 5.30. The maximum Gasteiger partial charge on any atom is 0.178 e. The second-order valence-electron chi connectivity index (χ2n) is 4.84. The molecule has 0 saturated heterocycles. The molecule has 1 N–H and O–H groups in total. The van der Waals surface area contributed by atoms with Gasteiger partial charge in [-0.05, 0) is 23.8 Å². The molecule has 1 aromatic rings. The number of carbonyl (C=O) groups excluding carboxylic acids is 1. The highest BCUT2D eigenvalue weighted by molar-refractivity contribution is 6.06. The average molecular weight is 229 g/mol. The predicted octanol–water partition coefficient (Wildman–Crippen LogP) is 2.91. The minimum atomic E-state index is -0.585. The number of carbonyl (C=O) groups is 1. The summed E-state index contributed by atoms with van der Waals surface area (Å²) in [6.45, 7) is 5.30. The Kier molecular flexibility index (Phi) is 3.69. The molecule has 17 heavy (non-hydrogen) atoms. The van der Waals surface area contributed by atoms with E-state index in [1.54, 1.807) is 32.9 Å². The van der Waals surface area contributed by atoms with Crippen LogP contribution in [-0.2, 0) is 4.79 Å². The van der Waals surface area contributed by atoms with Crippen LogP contribution in [0, 0.1) is 16.7 Å². The van der Waals surface area contributed by atoms with Crippen molar-refractivity contribution in [2.75, 3.05) is 0 Å². The molecule has 0 atom stereocenters. The monoisotopic (exact) mass is 229 g/mol. The number of hydrogen-bond acceptors (Lipinski definition) is 3. The zero-order valence-corrected chi connectivity index (χ0v) is 10.2. The van der Waals surface area contributed by atoms with Gasteiger partial charge in [0.2, 0.25) is 0 Å². The quantitative estimate of drug-likeness (QED) is 0.626. The Labute approximate surface area is 101 Å². The third-order valence-electron chi connectivity index (χ3n) is 2.23. The largest absolute Gasteiger partial charge is 0.508 e. The van der Waals surface area contributed by atoms with Crippen molar-refractivity contribution in [3.8, 4) is 11.8 Å². The molecule has 0 bridgehead atoms. The zero-order chi connectivity index (χ0) is 13.1. The summed E-state index contributed by atoms with van der Waals surface area (Å²) in [6.07, 6.45) is 1.49. The standard InChI is InChI=1S/C14H15NO2/c1-14(2,3)13(17)11(9-15)7-10-5-4-6-12(16)8-10/h4-8,16H,1-3H3/b11-7+. The Morgan fingerprint density at radius 1 is 1.41 bits per heavy atom. The number of ketones is 1. The minimum Gasteiger partial charge on any atom is -0.508 e. The van der Waals surface area contributed by atoms with E-state index in [-0.39, 0.29) is 17.1 Å². The van der Waals surface area contributed by atoms with Gasteiger partial charge >= 0.3 is 0 Å². The molecule has 0 fully saturated rings. The Bertz CT molecular complexity index is 502. The molecule has 0 aliphatic carbocycles. The van der Waals surface area contributed by atoms with Crippen LogP contribution in [0.2, 0.25) is 0 Å². The summed E-state index contributed by atoms with van der Waals surface area (Å²) in [5.41, 5.74) is 0.153. The molecule has 0 radical (unpaired) electrons. The molecular formula is C14H15NO2. The van der Waals surface area contributed by atoms with Crippen LogP contribution in [0.3, 0.4) is 0 Å². The number of phenols is 1. The highest BCUT2D eigenvalue weighted by Gasteiger charge is 2.24. The van der Waals surface area contributed by atoms with Crippen LogP contribution < -0.4 is 0 Å². The van der Waals surface area contributed by atoms with Gasteiger partial charge < -0.3 is 5.11 Å². The fourth-order valence-electron chi connectivity index (χ4n) is 1.33. The van der Waals surface area contributed by atoms with Crippen LogP contribution in [0.25, 0.3) is 6.08 Å². The average Bonchev–Trinajstić information content (AvgIpc) is 2.24. The third kappa shape index (κ3) is 3.46. The van der Waals surface area contributed by atoms with Gasteiger partial charge in [0.15, 0.2) is 5.78 Å². The van der Waals surface area contributed by atoms with E-state index in [0.717, 1.165) is 0 Å². The second-order valence-corrected chi connectivity index (χ2v) is 4.84. The fraction of sp³-hybridized carbons (Fsp3) is 0.286. The number of rotatable bonds is 2. The van der Waals surface area contributed by atoms with Gasteiger partial charge in [-0.3, -0.25) is 4.79 Å². The summed E-state index contributed by atoms with van der Waals surface area (Å²) in [5.74, 6) is -0.0948. The summed E-state index contributed by atoms with van der Waals surface area (Å²) in [5, 5.41) is 18.3. The molecule has 1 rings (SSSR count). The molecule has 0 saturated carbocycles. The molecule has 88 valence electrons. The number of benzene rings is 1. The first-order valence-electron chi connectivity index (χ1n) is 5.30. The number of Topliss-reactive ketones (excluding diaryl/α,β-unsaturated/α-hetero) is 1. The molecule has 0 aliphatic heterocycles. The van der Waals surface area contributed by atoms with Crippen LogP contribution in [0.1, 0.15) is 26.3 Å². The number of aromatic hydroxyl groups is 1. The molecule has 1 aromatic carbocycles. The highest BCUT2D eigenvalue weighted by atomic mass is 16.3. The van der Waals surface area contributed by atoms with E-state index in [0.29, 0.717) is 5.56 Å². The molecule has 0 heterocycles. The van der Waals surface area contributed by atoms with Crippen LogP contribution in [0.5, 0.6) is 5.75 Å². The molecule has 0 spiro atoms. The lowest BCUT2D eigenvalue weighted by molar-refractivity contribution is -0.121. The molecule has 0 aliphatic rings. The molecule has 3 heteroatoms. The van der Waals surface area contributed by atoms with Gasteiger partial charge in [-0.15, -0.1) is 0 Å². The van der Waals surface area contributed by atoms with Crippen molar-refractivity contribution < 1.29 is 9.90 Å². The summed E-state index contributed by atoms with van der Waals surface area (Å²) >= 11 is 0. The van der Waals surface area contributed by atoms with Gasteiger partial charge in [0, 0.05) is 5.41 Å². The maximum absolute atomic E-state index is 11.9. The zero-order valence-electron chi connectivity index (χ0n) is 10.2. The first-order chi connectivity index (χ1) is 7.84. The highest BCUT2D eigenvalue weighted by Crippen LogP contribution is 2.22. The van der Waals surface area contributed by atoms with Gasteiger partial charge in [0.25, 0.3) is 0 Å².